The molecule has 14 N–H and O–H groups in total. The van der Waals surface area contributed by atoms with Crippen LogP contribution in [0.5, 0.6) is 0 Å². The molecule has 0 amide bonds. The van der Waals surface area contributed by atoms with Gasteiger partial charge in [-0.1, -0.05) is 0 Å². The van der Waals surface area contributed by atoms with Crippen LogP contribution in [0.2, 0.25) is 0 Å². The zero-order valence-electron chi connectivity index (χ0n) is 23.5. The zero-order valence-corrected chi connectivity index (χ0v) is 23.5. The molecule has 0 aromatic rings. The Bertz CT molecular complexity index is 912. The molecule has 5 unspecified atom stereocenters. The molecule has 0 spiro atoms. The first kappa shape index (κ1) is 37.0. The molecule has 0 saturated carbocycles. The Hall–Kier alpha value is -0.840. The van der Waals surface area contributed by atoms with Crippen LogP contribution in [0.1, 0.15) is 0 Å². The number of rotatable bonds is 10. The second-order valence-electron chi connectivity index (χ2n) is 11.2. The van der Waals surface area contributed by atoms with Gasteiger partial charge >= 0.3 is 0 Å². The second kappa shape index (κ2) is 15.6. The molecule has 45 heavy (non-hydrogen) atoms. The molecule has 21 nitrogen and oxygen atoms in total. The molecule has 264 valence electrons. The number of ether oxygens (including phenoxy) is 7. The van der Waals surface area contributed by atoms with Gasteiger partial charge in [-0.15, -0.1) is 0 Å². The minimum atomic E-state index is -2.06. The molecular weight excluding hydrogens is 624 g/mol. The zero-order chi connectivity index (χ0) is 33.3. The van der Waals surface area contributed by atoms with Crippen LogP contribution in [0.3, 0.4) is 0 Å². The van der Waals surface area contributed by atoms with Crippen molar-refractivity contribution in [3.63, 3.8) is 0 Å². The highest BCUT2D eigenvalue weighted by atomic mass is 16.8. The lowest BCUT2D eigenvalue weighted by Gasteiger charge is -2.48. The van der Waals surface area contributed by atoms with E-state index in [0.717, 1.165) is 0 Å². The quantitative estimate of drug-likeness (QED) is 0.103. The van der Waals surface area contributed by atoms with Crippen LogP contribution in [-0.2, 0) is 33.2 Å². The first-order valence-electron chi connectivity index (χ1n) is 14.1. The van der Waals surface area contributed by atoms with E-state index in [9.17, 15) is 71.5 Å². The highest BCUT2D eigenvalue weighted by molar-refractivity contribution is 4.97. The predicted molar refractivity (Wildman–Crippen MR) is 134 cm³/mol. The van der Waals surface area contributed by atoms with Gasteiger partial charge in [0.15, 0.2) is 25.2 Å². The van der Waals surface area contributed by atoms with Crippen LogP contribution >= 0.6 is 0 Å². The van der Waals surface area contributed by atoms with E-state index < -0.39 is 149 Å². The Morgan fingerprint density at radius 1 is 0.378 bits per heavy atom. The molecule has 20 atom stereocenters. The van der Waals surface area contributed by atoms with Gasteiger partial charge in [-0.25, -0.2) is 0 Å². The maximum atomic E-state index is 11.1. The summed E-state index contributed by atoms with van der Waals surface area (Å²) in [5.41, 5.74) is 0. The number of hydrogen-bond donors (Lipinski definition) is 14. The van der Waals surface area contributed by atoms with Crippen molar-refractivity contribution < 1.29 is 105 Å². The Labute approximate surface area is 254 Å². The van der Waals surface area contributed by atoms with E-state index in [1.807, 2.05) is 0 Å². The fourth-order valence-corrected chi connectivity index (χ4v) is 5.44. The SMILES string of the molecule is OCC1O[C@@H](OCC2O[C@H](O[C@H]3[C@H](O)[C@@H](O)C(O)O[C@@H]3CO)[C@H](O)[C@@H](O)[C@@H]2O[C@H]2O[C@H](CO)[C@@H](O)[C@H](O)[C@H]2O)C(O)[C@@H](O)C1O. The number of aliphatic hydroxyl groups excluding tert-OH is 14. The summed E-state index contributed by atoms with van der Waals surface area (Å²) in [5.74, 6) is 0. The van der Waals surface area contributed by atoms with E-state index >= 15 is 0 Å². The monoisotopic (exact) mass is 666 g/mol. The van der Waals surface area contributed by atoms with E-state index in [1.165, 1.54) is 0 Å². The lowest BCUT2D eigenvalue weighted by atomic mass is 9.96. The standard InChI is InChI=1S/C24H42O21/c25-1-5-9(28)11(30)16(35)22(41-5)39-4-8-20(45-23-17(36)12(31)10(29)6(2-26)42-23)14(33)18(37)24(43-8)44-19-7(3-27)40-21(38)15(34)13(19)32/h5-38H,1-4H2/t5?,6-,7-,8?,9?,10-,11+,12+,13-,14-,15-,16?,17-,18-,19-,20-,21?,22-,23-,24-/m1/s1. The molecule has 4 rings (SSSR count). The third-order valence-corrected chi connectivity index (χ3v) is 8.18. The average Bonchev–Trinajstić information content (AvgIpc) is 3.03. The maximum absolute atomic E-state index is 11.1. The third kappa shape index (κ3) is 7.59. The summed E-state index contributed by atoms with van der Waals surface area (Å²) >= 11 is 0. The van der Waals surface area contributed by atoms with Gasteiger partial charge in [0, 0.05) is 0 Å². The topological polar surface area (TPSA) is 348 Å². The Kier molecular flexibility index (Phi) is 12.8. The van der Waals surface area contributed by atoms with Gasteiger partial charge in [-0.2, -0.15) is 0 Å². The molecule has 4 aliphatic heterocycles. The molecule has 0 aromatic heterocycles. The minimum Gasteiger partial charge on any atom is -0.394 e. The van der Waals surface area contributed by atoms with Crippen molar-refractivity contribution in [2.24, 2.45) is 0 Å². The van der Waals surface area contributed by atoms with Crippen molar-refractivity contribution in [3.8, 4) is 0 Å². The second-order valence-corrected chi connectivity index (χ2v) is 11.2. The normalized spacial score (nSPS) is 52.9. The van der Waals surface area contributed by atoms with Gasteiger partial charge in [0.1, 0.15) is 97.7 Å². The summed E-state index contributed by atoms with van der Waals surface area (Å²) in [5, 5.41) is 142. The fraction of sp³-hybridized carbons (Fsp3) is 1.00. The summed E-state index contributed by atoms with van der Waals surface area (Å²) in [6.45, 7) is -3.21. The predicted octanol–water partition coefficient (Wildman–Crippen LogP) is -9.75. The Morgan fingerprint density at radius 2 is 0.778 bits per heavy atom. The lowest BCUT2D eigenvalue weighted by molar-refractivity contribution is -0.383. The van der Waals surface area contributed by atoms with Gasteiger partial charge in [0.05, 0.1) is 26.4 Å². The van der Waals surface area contributed by atoms with Crippen LogP contribution < -0.4 is 0 Å². The Morgan fingerprint density at radius 3 is 1.29 bits per heavy atom. The molecule has 21 heteroatoms. The first-order valence-corrected chi connectivity index (χ1v) is 14.1. The molecule has 0 radical (unpaired) electrons. The van der Waals surface area contributed by atoms with Crippen LogP contribution in [-0.4, -0.2) is 221 Å². The number of hydrogen-bond acceptors (Lipinski definition) is 21. The van der Waals surface area contributed by atoms with Crippen molar-refractivity contribution in [2.75, 3.05) is 26.4 Å². The first-order chi connectivity index (χ1) is 21.2. The molecular formula is C24H42O21. The summed E-state index contributed by atoms with van der Waals surface area (Å²) in [7, 11) is 0. The smallest absolute Gasteiger partial charge is 0.187 e. The van der Waals surface area contributed by atoms with Crippen LogP contribution in [0.25, 0.3) is 0 Å². The Balaban J connectivity index is 1.56. The molecule has 4 heterocycles. The van der Waals surface area contributed by atoms with Gasteiger partial charge < -0.3 is 105 Å². The summed E-state index contributed by atoms with van der Waals surface area (Å²) < 4.78 is 38.0. The molecule has 0 bridgehead atoms. The van der Waals surface area contributed by atoms with Crippen molar-refractivity contribution in [1.29, 1.82) is 0 Å². The van der Waals surface area contributed by atoms with Crippen LogP contribution in [0.4, 0.5) is 0 Å². The third-order valence-electron chi connectivity index (χ3n) is 8.18. The van der Waals surface area contributed by atoms with E-state index in [1.54, 1.807) is 0 Å². The van der Waals surface area contributed by atoms with Crippen LogP contribution in [0, 0.1) is 0 Å². The van der Waals surface area contributed by atoms with Gasteiger partial charge in [-0.05, 0) is 0 Å². The van der Waals surface area contributed by atoms with Crippen LogP contribution in [0.15, 0.2) is 0 Å². The highest BCUT2D eigenvalue weighted by Gasteiger charge is 2.54. The van der Waals surface area contributed by atoms with E-state index in [-0.39, 0.29) is 0 Å². The van der Waals surface area contributed by atoms with Gasteiger partial charge in [0.2, 0.25) is 0 Å². The largest absolute Gasteiger partial charge is 0.394 e. The molecule has 0 aliphatic carbocycles. The fourth-order valence-electron chi connectivity index (χ4n) is 5.44. The highest BCUT2D eigenvalue weighted by Crippen LogP contribution is 2.33. The van der Waals surface area contributed by atoms with Gasteiger partial charge in [0.25, 0.3) is 0 Å². The summed E-state index contributed by atoms with van der Waals surface area (Å²) in [6, 6.07) is 0. The summed E-state index contributed by atoms with van der Waals surface area (Å²) in [6.07, 6.45) is -35.6. The van der Waals surface area contributed by atoms with Crippen molar-refractivity contribution in [1.82, 2.24) is 0 Å². The van der Waals surface area contributed by atoms with E-state index in [2.05, 4.69) is 0 Å². The lowest BCUT2D eigenvalue weighted by Crippen LogP contribution is -2.67. The molecule has 4 aliphatic rings. The van der Waals surface area contributed by atoms with Crippen molar-refractivity contribution in [3.05, 3.63) is 0 Å². The van der Waals surface area contributed by atoms with E-state index in [4.69, 9.17) is 33.2 Å². The maximum Gasteiger partial charge on any atom is 0.187 e. The van der Waals surface area contributed by atoms with Crippen molar-refractivity contribution in [2.45, 2.75) is 123 Å². The van der Waals surface area contributed by atoms with Crippen molar-refractivity contribution >= 4 is 0 Å². The molecule has 4 fully saturated rings. The molecule has 4 saturated heterocycles. The van der Waals surface area contributed by atoms with Gasteiger partial charge in [-0.3, -0.25) is 0 Å². The minimum absolute atomic E-state index is 0.761. The summed E-state index contributed by atoms with van der Waals surface area (Å²) in [4.78, 5) is 0. The number of aliphatic hydroxyl groups is 14. The van der Waals surface area contributed by atoms with E-state index in [0.29, 0.717) is 0 Å². The molecule has 0 aromatic carbocycles. The average molecular weight is 667 g/mol.